The molecule has 0 aromatic heterocycles. The maximum absolute atomic E-state index is 11.9. The molecule has 1 atom stereocenters. The average Bonchev–Trinajstić information content (AvgIpc) is 2.47. The molecule has 0 heterocycles. The van der Waals surface area contributed by atoms with Crippen LogP contribution in [0.4, 0.5) is 8.78 Å². The Labute approximate surface area is 122 Å². The molecule has 0 spiro atoms. The van der Waals surface area contributed by atoms with E-state index in [9.17, 15) is 13.9 Å². The van der Waals surface area contributed by atoms with Gasteiger partial charge in [-0.25, -0.2) is 8.78 Å². The minimum atomic E-state index is -2.44. The summed E-state index contributed by atoms with van der Waals surface area (Å²) in [5.41, 5.74) is 0.780. The number of phenolic OH excluding ortho intramolecular Hbond substituents is 1. The van der Waals surface area contributed by atoms with E-state index in [-0.39, 0.29) is 18.4 Å². The van der Waals surface area contributed by atoms with Crippen molar-refractivity contribution in [2.45, 2.75) is 19.4 Å². The quantitative estimate of drug-likeness (QED) is 0.768. The summed E-state index contributed by atoms with van der Waals surface area (Å²) in [6, 6.07) is 11.3. The molecule has 21 heavy (non-hydrogen) atoms. The van der Waals surface area contributed by atoms with E-state index in [1.807, 2.05) is 43.3 Å². The first-order chi connectivity index (χ1) is 10.1. The lowest BCUT2D eigenvalue weighted by molar-refractivity contribution is 0.0183. The molecule has 114 valence electrons. The van der Waals surface area contributed by atoms with Gasteiger partial charge in [0.25, 0.3) is 6.43 Å². The third kappa shape index (κ3) is 4.12. The molecule has 0 amide bonds. The lowest BCUT2D eigenvalue weighted by atomic mass is 10.0. The largest absolute Gasteiger partial charge is 0.507 e. The second-order valence-corrected chi connectivity index (χ2v) is 4.87. The fourth-order valence-electron chi connectivity index (χ4n) is 2.25. The molecule has 2 rings (SSSR count). The van der Waals surface area contributed by atoms with Crippen LogP contribution in [0.3, 0.4) is 0 Å². The zero-order valence-electron chi connectivity index (χ0n) is 11.9. The Morgan fingerprint density at radius 1 is 1.19 bits per heavy atom. The van der Waals surface area contributed by atoms with Crippen LogP contribution in [-0.4, -0.2) is 31.3 Å². The first-order valence-corrected chi connectivity index (χ1v) is 6.89. The molecule has 0 fully saturated rings. The minimum absolute atomic E-state index is 0.0928. The number of phenols is 1. The van der Waals surface area contributed by atoms with Gasteiger partial charge in [0.15, 0.2) is 0 Å². The second kappa shape index (κ2) is 7.33. The number of fused-ring (bicyclic) bond motifs is 1. The van der Waals surface area contributed by atoms with Crippen LogP contribution >= 0.6 is 0 Å². The molecule has 0 aliphatic rings. The van der Waals surface area contributed by atoms with Gasteiger partial charge in [0.05, 0.1) is 6.61 Å². The van der Waals surface area contributed by atoms with E-state index in [4.69, 9.17) is 4.74 Å². The molecule has 2 aromatic carbocycles. The summed E-state index contributed by atoms with van der Waals surface area (Å²) in [6.45, 7) is 2.03. The van der Waals surface area contributed by atoms with Gasteiger partial charge in [-0.3, -0.25) is 0 Å². The zero-order valence-corrected chi connectivity index (χ0v) is 11.9. The van der Waals surface area contributed by atoms with Crippen LogP contribution in [0.2, 0.25) is 0 Å². The fraction of sp³-hybridized carbons (Fsp3) is 0.375. The highest BCUT2D eigenvalue weighted by atomic mass is 19.3. The molecule has 2 N–H and O–H groups in total. The highest BCUT2D eigenvalue weighted by Crippen LogP contribution is 2.32. The summed E-state index contributed by atoms with van der Waals surface area (Å²) >= 11 is 0. The molecule has 0 radical (unpaired) electrons. The van der Waals surface area contributed by atoms with Crippen molar-refractivity contribution in [1.29, 1.82) is 0 Å². The Bertz CT molecular complexity index is 589. The molecule has 0 aliphatic carbocycles. The SMILES string of the molecule is CC(NCCOCC(F)F)c1ccc2ccccc2c1O. The molecule has 1 unspecified atom stereocenters. The van der Waals surface area contributed by atoms with E-state index >= 15 is 0 Å². The third-order valence-electron chi connectivity index (χ3n) is 3.34. The van der Waals surface area contributed by atoms with Crippen molar-refractivity contribution in [2.75, 3.05) is 19.8 Å². The van der Waals surface area contributed by atoms with Crippen molar-refractivity contribution in [3.63, 3.8) is 0 Å². The number of rotatable bonds is 7. The summed E-state index contributed by atoms with van der Waals surface area (Å²) in [5.74, 6) is 0.251. The summed E-state index contributed by atoms with van der Waals surface area (Å²) in [5, 5.41) is 15.3. The van der Waals surface area contributed by atoms with E-state index in [1.165, 1.54) is 0 Å². The molecule has 0 aliphatic heterocycles. The van der Waals surface area contributed by atoms with Crippen molar-refractivity contribution >= 4 is 10.8 Å². The molecule has 0 bridgehead atoms. The van der Waals surface area contributed by atoms with Crippen LogP contribution in [0.1, 0.15) is 18.5 Å². The predicted molar refractivity (Wildman–Crippen MR) is 78.9 cm³/mol. The summed E-state index contributed by atoms with van der Waals surface area (Å²) in [6.07, 6.45) is -2.44. The van der Waals surface area contributed by atoms with Crippen molar-refractivity contribution in [3.8, 4) is 5.75 Å². The minimum Gasteiger partial charge on any atom is -0.507 e. The second-order valence-electron chi connectivity index (χ2n) is 4.87. The van der Waals surface area contributed by atoms with Crippen LogP contribution in [0.5, 0.6) is 5.75 Å². The third-order valence-corrected chi connectivity index (χ3v) is 3.34. The van der Waals surface area contributed by atoms with E-state index in [2.05, 4.69) is 5.32 Å². The van der Waals surface area contributed by atoms with Gasteiger partial charge in [0.2, 0.25) is 0 Å². The number of alkyl halides is 2. The van der Waals surface area contributed by atoms with Gasteiger partial charge in [-0.1, -0.05) is 36.4 Å². The number of ether oxygens (including phenoxy) is 1. The first-order valence-electron chi connectivity index (χ1n) is 6.89. The lowest BCUT2D eigenvalue weighted by Gasteiger charge is -2.17. The first kappa shape index (κ1) is 15.7. The van der Waals surface area contributed by atoms with Gasteiger partial charge in [-0.05, 0) is 12.3 Å². The Morgan fingerprint density at radius 2 is 1.95 bits per heavy atom. The number of halogens is 2. The number of benzene rings is 2. The fourth-order valence-corrected chi connectivity index (χ4v) is 2.25. The maximum Gasteiger partial charge on any atom is 0.261 e. The van der Waals surface area contributed by atoms with Crippen LogP contribution < -0.4 is 5.32 Å². The molecule has 0 saturated heterocycles. The monoisotopic (exact) mass is 295 g/mol. The van der Waals surface area contributed by atoms with Crippen LogP contribution in [0.15, 0.2) is 36.4 Å². The zero-order chi connectivity index (χ0) is 15.2. The van der Waals surface area contributed by atoms with Gasteiger partial charge in [-0.2, -0.15) is 0 Å². The van der Waals surface area contributed by atoms with Gasteiger partial charge < -0.3 is 15.2 Å². The average molecular weight is 295 g/mol. The van der Waals surface area contributed by atoms with Crippen LogP contribution in [-0.2, 0) is 4.74 Å². The topological polar surface area (TPSA) is 41.5 Å². The number of hydrogen-bond donors (Lipinski definition) is 2. The summed E-state index contributed by atoms with van der Waals surface area (Å²) in [7, 11) is 0. The summed E-state index contributed by atoms with van der Waals surface area (Å²) < 4.78 is 28.6. The van der Waals surface area contributed by atoms with Gasteiger partial charge in [0, 0.05) is 23.5 Å². The number of hydrogen-bond acceptors (Lipinski definition) is 3. The summed E-state index contributed by atoms with van der Waals surface area (Å²) in [4.78, 5) is 0. The van der Waals surface area contributed by atoms with Gasteiger partial charge in [0.1, 0.15) is 12.4 Å². The van der Waals surface area contributed by atoms with Crippen molar-refractivity contribution < 1.29 is 18.6 Å². The van der Waals surface area contributed by atoms with E-state index in [1.54, 1.807) is 0 Å². The Kier molecular flexibility index (Phi) is 5.47. The van der Waals surface area contributed by atoms with E-state index in [0.717, 1.165) is 16.3 Å². The van der Waals surface area contributed by atoms with Crippen molar-refractivity contribution in [3.05, 3.63) is 42.0 Å². The Morgan fingerprint density at radius 3 is 2.71 bits per heavy atom. The number of aromatic hydroxyl groups is 1. The highest BCUT2D eigenvalue weighted by Gasteiger charge is 2.12. The Balaban J connectivity index is 1.96. The predicted octanol–water partition coefficient (Wildman–Crippen LogP) is 3.48. The molecule has 0 saturated carbocycles. The van der Waals surface area contributed by atoms with E-state index < -0.39 is 13.0 Å². The molecule has 3 nitrogen and oxygen atoms in total. The molecular weight excluding hydrogens is 276 g/mol. The molecular formula is C16H19F2NO2. The highest BCUT2D eigenvalue weighted by molar-refractivity contribution is 5.89. The molecule has 2 aromatic rings. The standard InChI is InChI=1S/C16H19F2NO2/c1-11(19-8-9-21-10-15(17)18)13-7-6-12-4-2-3-5-14(12)16(13)20/h2-7,11,15,19-20H,8-10H2,1H3. The van der Waals surface area contributed by atoms with Crippen molar-refractivity contribution in [1.82, 2.24) is 5.32 Å². The normalized spacial score (nSPS) is 13.0. The van der Waals surface area contributed by atoms with Gasteiger partial charge in [-0.15, -0.1) is 0 Å². The Hall–Kier alpha value is -1.72. The smallest absolute Gasteiger partial charge is 0.261 e. The van der Waals surface area contributed by atoms with E-state index in [0.29, 0.717) is 6.54 Å². The van der Waals surface area contributed by atoms with Crippen molar-refractivity contribution in [2.24, 2.45) is 0 Å². The lowest BCUT2D eigenvalue weighted by Crippen LogP contribution is -2.24. The molecule has 5 heteroatoms. The van der Waals surface area contributed by atoms with Crippen LogP contribution in [0.25, 0.3) is 10.8 Å². The number of nitrogens with one attached hydrogen (secondary N) is 1. The maximum atomic E-state index is 11.9. The van der Waals surface area contributed by atoms with Crippen LogP contribution in [0, 0.1) is 0 Å². The van der Waals surface area contributed by atoms with Gasteiger partial charge >= 0.3 is 0 Å².